The van der Waals surface area contributed by atoms with Gasteiger partial charge in [0.05, 0.1) is 18.0 Å². The molecule has 7 nitrogen and oxygen atoms in total. The number of carbonyl (C=O) groups excluding carboxylic acids is 2. The number of amides is 2. The number of nitro groups is 1. The van der Waals surface area contributed by atoms with Crippen LogP contribution in [0.15, 0.2) is 54.6 Å². The first-order chi connectivity index (χ1) is 11.5. The minimum Gasteiger partial charge on any atom is -0.343 e. The van der Waals surface area contributed by atoms with E-state index < -0.39 is 4.92 Å². The van der Waals surface area contributed by atoms with Gasteiger partial charge in [0, 0.05) is 24.2 Å². The van der Waals surface area contributed by atoms with Crippen LogP contribution >= 0.6 is 0 Å². The second kappa shape index (κ2) is 7.87. The van der Waals surface area contributed by atoms with Crippen molar-refractivity contribution in [3.05, 3.63) is 75.8 Å². The normalized spacial score (nSPS) is 10.0. The maximum atomic E-state index is 12.1. The molecule has 0 radical (unpaired) electrons. The van der Waals surface area contributed by atoms with Crippen molar-refractivity contribution in [2.24, 2.45) is 0 Å². The van der Waals surface area contributed by atoms with Crippen LogP contribution in [0, 0.1) is 10.1 Å². The summed E-state index contributed by atoms with van der Waals surface area (Å²) in [6, 6.07) is 14.8. The number of nitrogens with zero attached hydrogens (tertiary/aromatic N) is 2. The quantitative estimate of drug-likeness (QED) is 0.648. The number of hydrogen-bond donors (Lipinski definition) is 1. The molecule has 1 N–H and O–H groups in total. The molecule has 0 aliphatic rings. The minimum atomic E-state index is -0.481. The molecule has 0 aliphatic heterocycles. The number of rotatable bonds is 6. The van der Waals surface area contributed by atoms with Crippen molar-refractivity contribution in [2.75, 3.05) is 13.6 Å². The molecule has 2 amide bonds. The third-order valence-electron chi connectivity index (χ3n) is 3.46. The van der Waals surface area contributed by atoms with E-state index in [9.17, 15) is 19.7 Å². The van der Waals surface area contributed by atoms with E-state index >= 15 is 0 Å². The van der Waals surface area contributed by atoms with Crippen molar-refractivity contribution in [3.63, 3.8) is 0 Å². The highest BCUT2D eigenvalue weighted by molar-refractivity contribution is 5.96. The maximum absolute atomic E-state index is 12.1. The van der Waals surface area contributed by atoms with Crippen LogP contribution in [-0.4, -0.2) is 35.2 Å². The highest BCUT2D eigenvalue weighted by Gasteiger charge is 2.17. The molecule has 2 aromatic rings. The minimum absolute atomic E-state index is 0.0366. The molecule has 0 spiro atoms. The lowest BCUT2D eigenvalue weighted by molar-refractivity contribution is -0.385. The zero-order valence-electron chi connectivity index (χ0n) is 13.1. The number of benzene rings is 2. The predicted molar refractivity (Wildman–Crippen MR) is 88.3 cm³/mol. The van der Waals surface area contributed by atoms with E-state index in [4.69, 9.17) is 0 Å². The van der Waals surface area contributed by atoms with Crippen LogP contribution in [0.3, 0.4) is 0 Å². The Morgan fingerprint density at radius 2 is 1.71 bits per heavy atom. The summed E-state index contributed by atoms with van der Waals surface area (Å²) in [5, 5.41) is 13.5. The van der Waals surface area contributed by atoms with E-state index in [0.717, 1.165) is 0 Å². The molecule has 0 unspecified atom stereocenters. The highest BCUT2D eigenvalue weighted by atomic mass is 16.6. The van der Waals surface area contributed by atoms with Gasteiger partial charge < -0.3 is 10.2 Å². The molecule has 0 aliphatic carbocycles. The second-order valence-corrected chi connectivity index (χ2v) is 5.18. The molecule has 0 saturated heterocycles. The summed E-state index contributed by atoms with van der Waals surface area (Å²) in [6.45, 7) is -0.0813. The molecule has 124 valence electrons. The van der Waals surface area contributed by atoms with Crippen LogP contribution < -0.4 is 5.32 Å². The lowest BCUT2D eigenvalue weighted by atomic mass is 10.1. The van der Waals surface area contributed by atoms with Gasteiger partial charge in [0.25, 0.3) is 11.6 Å². The molecule has 0 aromatic heterocycles. The highest BCUT2D eigenvalue weighted by Crippen LogP contribution is 2.18. The number of nitrogens with one attached hydrogen (secondary N) is 1. The van der Waals surface area contributed by atoms with E-state index in [1.165, 1.54) is 18.0 Å². The molecule has 0 bridgehead atoms. The van der Waals surface area contributed by atoms with Crippen molar-refractivity contribution >= 4 is 17.5 Å². The first-order valence-electron chi connectivity index (χ1n) is 7.28. The largest absolute Gasteiger partial charge is 0.343 e. The fourth-order valence-corrected chi connectivity index (χ4v) is 2.15. The smallest absolute Gasteiger partial charge is 0.274 e. The molecule has 7 heteroatoms. The Bertz CT molecular complexity index is 747. The summed E-state index contributed by atoms with van der Waals surface area (Å²) in [5.41, 5.74) is 0.866. The first-order valence-corrected chi connectivity index (χ1v) is 7.28. The molecule has 2 aromatic carbocycles. The Hall–Kier alpha value is -3.22. The summed E-state index contributed by atoms with van der Waals surface area (Å²) in [7, 11) is 1.54. The van der Waals surface area contributed by atoms with Gasteiger partial charge in [-0.3, -0.25) is 19.7 Å². The lowest BCUT2D eigenvalue weighted by Crippen LogP contribution is -2.37. The molecule has 0 heterocycles. The van der Waals surface area contributed by atoms with Gasteiger partial charge in [0.1, 0.15) is 0 Å². The fraction of sp³-hybridized carbons (Fsp3) is 0.176. The van der Waals surface area contributed by atoms with Crippen LogP contribution in [0.1, 0.15) is 15.9 Å². The Morgan fingerprint density at radius 1 is 1.08 bits per heavy atom. The van der Waals surface area contributed by atoms with E-state index in [-0.39, 0.29) is 30.6 Å². The fourth-order valence-electron chi connectivity index (χ4n) is 2.15. The molecule has 0 fully saturated rings. The lowest BCUT2D eigenvalue weighted by Gasteiger charge is -2.17. The van der Waals surface area contributed by atoms with Crippen molar-refractivity contribution in [1.29, 1.82) is 0 Å². The molecular formula is C17H17N3O4. The van der Waals surface area contributed by atoms with Gasteiger partial charge in [0.15, 0.2) is 0 Å². The van der Waals surface area contributed by atoms with Gasteiger partial charge in [-0.1, -0.05) is 36.4 Å². The summed E-state index contributed by atoms with van der Waals surface area (Å²) >= 11 is 0. The molecule has 0 atom stereocenters. The number of para-hydroxylation sites is 1. The van der Waals surface area contributed by atoms with Crippen molar-refractivity contribution in [2.45, 2.75) is 6.54 Å². The van der Waals surface area contributed by atoms with Crippen LogP contribution in [-0.2, 0) is 11.3 Å². The summed E-state index contributed by atoms with van der Waals surface area (Å²) in [6.07, 6.45) is 0. The molecule has 0 saturated carbocycles. The average molecular weight is 327 g/mol. The number of hydrogen-bond acceptors (Lipinski definition) is 4. The summed E-state index contributed by atoms with van der Waals surface area (Å²) < 4.78 is 0. The van der Waals surface area contributed by atoms with E-state index in [2.05, 4.69) is 5.32 Å². The summed E-state index contributed by atoms with van der Waals surface area (Å²) in [5.74, 6) is -0.680. The van der Waals surface area contributed by atoms with Crippen molar-refractivity contribution in [1.82, 2.24) is 10.2 Å². The number of nitro benzene ring substituents is 1. The van der Waals surface area contributed by atoms with Crippen molar-refractivity contribution in [3.8, 4) is 0 Å². The van der Waals surface area contributed by atoms with Gasteiger partial charge in [-0.25, -0.2) is 0 Å². The van der Waals surface area contributed by atoms with Crippen molar-refractivity contribution < 1.29 is 14.5 Å². The predicted octanol–water partition coefficient (Wildman–Crippen LogP) is 1.98. The monoisotopic (exact) mass is 327 g/mol. The van der Waals surface area contributed by atoms with E-state index in [1.54, 1.807) is 48.5 Å². The van der Waals surface area contributed by atoms with Crippen LogP contribution in [0.5, 0.6) is 0 Å². The van der Waals surface area contributed by atoms with Gasteiger partial charge in [-0.2, -0.15) is 0 Å². The Balaban J connectivity index is 1.93. The average Bonchev–Trinajstić information content (AvgIpc) is 2.60. The first kappa shape index (κ1) is 17.1. The summed E-state index contributed by atoms with van der Waals surface area (Å²) in [4.78, 5) is 35.9. The molecule has 2 rings (SSSR count). The Morgan fingerprint density at radius 3 is 2.38 bits per heavy atom. The van der Waals surface area contributed by atoms with Gasteiger partial charge in [0.2, 0.25) is 5.91 Å². The van der Waals surface area contributed by atoms with Crippen LogP contribution in [0.2, 0.25) is 0 Å². The van der Waals surface area contributed by atoms with Crippen LogP contribution in [0.4, 0.5) is 5.69 Å². The zero-order chi connectivity index (χ0) is 17.5. The SMILES string of the molecule is CN(Cc1ccccc1[N+](=O)[O-])C(=O)CNC(=O)c1ccccc1. The van der Waals surface area contributed by atoms with E-state index in [0.29, 0.717) is 11.1 Å². The van der Waals surface area contributed by atoms with Gasteiger partial charge in [-0.05, 0) is 12.1 Å². The number of likely N-dealkylation sites (N-methyl/N-ethyl adjacent to an activating group) is 1. The zero-order valence-corrected chi connectivity index (χ0v) is 13.1. The second-order valence-electron chi connectivity index (χ2n) is 5.18. The maximum Gasteiger partial charge on any atom is 0.274 e. The third kappa shape index (κ3) is 4.39. The molecular weight excluding hydrogens is 310 g/mol. The number of carbonyl (C=O) groups is 2. The Kier molecular flexibility index (Phi) is 5.62. The third-order valence-corrected chi connectivity index (χ3v) is 3.46. The Labute approximate surface area is 139 Å². The topological polar surface area (TPSA) is 92.5 Å². The standard InChI is InChI=1S/C17H17N3O4/c1-19(12-14-9-5-6-10-15(14)20(23)24)16(21)11-18-17(22)13-7-3-2-4-8-13/h2-10H,11-12H2,1H3,(H,18,22). The van der Waals surface area contributed by atoms with E-state index in [1.807, 2.05) is 0 Å². The van der Waals surface area contributed by atoms with Gasteiger partial charge in [-0.15, -0.1) is 0 Å². The van der Waals surface area contributed by atoms with Crippen LogP contribution in [0.25, 0.3) is 0 Å². The molecule has 24 heavy (non-hydrogen) atoms. The van der Waals surface area contributed by atoms with Gasteiger partial charge >= 0.3 is 0 Å².